The molecule has 1 aromatic heterocycles. The zero-order valence-corrected chi connectivity index (χ0v) is 13.0. The second kappa shape index (κ2) is 4.55. The molecule has 1 heterocycles. The maximum absolute atomic E-state index is 12.6. The van der Waals surface area contributed by atoms with Crippen molar-refractivity contribution in [3.8, 4) is 0 Å². The van der Waals surface area contributed by atoms with Crippen LogP contribution >= 0.6 is 27.3 Å². The fourth-order valence-corrected chi connectivity index (χ4v) is 5.96. The molecule has 4 aliphatic rings. The van der Waals surface area contributed by atoms with E-state index in [1.165, 1.54) is 43.4 Å². The van der Waals surface area contributed by atoms with E-state index in [1.807, 2.05) is 0 Å². The van der Waals surface area contributed by atoms with E-state index >= 15 is 0 Å². The summed E-state index contributed by atoms with van der Waals surface area (Å²) in [5.74, 6) is 3.58. The van der Waals surface area contributed by atoms with Gasteiger partial charge in [0.2, 0.25) is 5.91 Å². The molecule has 19 heavy (non-hydrogen) atoms. The Morgan fingerprint density at radius 2 is 1.84 bits per heavy atom. The molecule has 1 N–H and O–H groups in total. The number of carbonyl (C=O) groups is 1. The van der Waals surface area contributed by atoms with Gasteiger partial charge in [-0.2, -0.15) is 0 Å². The molecule has 4 saturated carbocycles. The van der Waals surface area contributed by atoms with Gasteiger partial charge in [-0.1, -0.05) is 11.3 Å². The van der Waals surface area contributed by atoms with Crippen molar-refractivity contribution in [1.29, 1.82) is 0 Å². The standard InChI is InChI=1S/C14H17BrN2OS/c15-11-6-16-14(19-11)17-13(18)12-9-2-7-1-8(4-9)5-10(12)3-7/h6-10,12H,1-5H2,(H,16,17,18). The number of rotatable bonds is 2. The minimum atomic E-state index is 0.218. The summed E-state index contributed by atoms with van der Waals surface area (Å²) in [4.78, 5) is 16.8. The monoisotopic (exact) mass is 340 g/mol. The van der Waals surface area contributed by atoms with Gasteiger partial charge in [0.05, 0.1) is 9.98 Å². The quantitative estimate of drug-likeness (QED) is 0.886. The SMILES string of the molecule is O=C(Nc1ncc(Br)s1)C1C2CC3CC(C2)CC1C3. The molecule has 1 amide bonds. The normalized spacial score (nSPS) is 39.5. The summed E-state index contributed by atoms with van der Waals surface area (Å²) in [5.41, 5.74) is 0. The van der Waals surface area contributed by atoms with Gasteiger partial charge in [0.15, 0.2) is 5.13 Å². The molecule has 0 unspecified atom stereocenters. The van der Waals surface area contributed by atoms with Crippen molar-refractivity contribution in [1.82, 2.24) is 4.98 Å². The van der Waals surface area contributed by atoms with Crippen molar-refractivity contribution in [2.45, 2.75) is 32.1 Å². The Hall–Kier alpha value is -0.420. The lowest BCUT2D eigenvalue weighted by molar-refractivity contribution is -0.132. The van der Waals surface area contributed by atoms with Gasteiger partial charge in [0, 0.05) is 5.92 Å². The van der Waals surface area contributed by atoms with Crippen molar-refractivity contribution in [2.24, 2.45) is 29.6 Å². The highest BCUT2D eigenvalue weighted by Gasteiger charge is 2.50. The molecule has 4 aliphatic carbocycles. The summed E-state index contributed by atoms with van der Waals surface area (Å²) >= 11 is 4.88. The Labute approximate surface area is 125 Å². The number of carbonyl (C=O) groups excluding carboxylic acids is 1. The van der Waals surface area contributed by atoms with Crippen molar-refractivity contribution in [3.63, 3.8) is 0 Å². The molecule has 4 fully saturated rings. The minimum absolute atomic E-state index is 0.218. The summed E-state index contributed by atoms with van der Waals surface area (Å²) in [7, 11) is 0. The van der Waals surface area contributed by atoms with Crippen LogP contribution in [0.1, 0.15) is 32.1 Å². The minimum Gasteiger partial charge on any atom is -0.302 e. The zero-order valence-electron chi connectivity index (χ0n) is 10.6. The topological polar surface area (TPSA) is 42.0 Å². The van der Waals surface area contributed by atoms with Crippen LogP contribution in [0.3, 0.4) is 0 Å². The van der Waals surface area contributed by atoms with E-state index in [9.17, 15) is 4.79 Å². The van der Waals surface area contributed by atoms with Gasteiger partial charge in [0.1, 0.15) is 0 Å². The van der Waals surface area contributed by atoms with E-state index in [-0.39, 0.29) is 11.8 Å². The molecule has 0 spiro atoms. The number of aromatic nitrogens is 1. The molecule has 0 radical (unpaired) electrons. The first-order valence-corrected chi connectivity index (χ1v) is 8.72. The van der Waals surface area contributed by atoms with Crippen LogP contribution in [0.4, 0.5) is 5.13 Å². The third kappa shape index (κ3) is 2.15. The maximum Gasteiger partial charge on any atom is 0.229 e. The van der Waals surface area contributed by atoms with Crippen LogP contribution in [0.15, 0.2) is 9.98 Å². The number of hydrogen-bond acceptors (Lipinski definition) is 3. The van der Waals surface area contributed by atoms with Crippen LogP contribution in [0, 0.1) is 29.6 Å². The number of anilines is 1. The van der Waals surface area contributed by atoms with E-state index in [2.05, 4.69) is 26.2 Å². The first-order valence-electron chi connectivity index (χ1n) is 7.11. The molecular formula is C14H17BrN2OS. The van der Waals surface area contributed by atoms with E-state index in [0.717, 1.165) is 20.8 Å². The van der Waals surface area contributed by atoms with Crippen LogP contribution in [0.25, 0.3) is 0 Å². The molecule has 1 aromatic rings. The molecular weight excluding hydrogens is 324 g/mol. The van der Waals surface area contributed by atoms with E-state index in [0.29, 0.717) is 11.8 Å². The predicted octanol–water partition coefficient (Wildman–Crippen LogP) is 3.92. The van der Waals surface area contributed by atoms with Crippen LogP contribution in [0.2, 0.25) is 0 Å². The van der Waals surface area contributed by atoms with Crippen molar-refractivity contribution in [2.75, 3.05) is 5.32 Å². The van der Waals surface area contributed by atoms with Gasteiger partial charge < -0.3 is 5.32 Å². The highest BCUT2D eigenvalue weighted by atomic mass is 79.9. The van der Waals surface area contributed by atoms with Crippen LogP contribution in [0.5, 0.6) is 0 Å². The lowest BCUT2D eigenvalue weighted by Crippen LogP contribution is -2.49. The van der Waals surface area contributed by atoms with Crippen molar-refractivity contribution < 1.29 is 4.79 Å². The van der Waals surface area contributed by atoms with Crippen LogP contribution < -0.4 is 5.32 Å². The first-order chi connectivity index (χ1) is 9.19. The highest BCUT2D eigenvalue weighted by Crippen LogP contribution is 2.56. The first kappa shape index (κ1) is 12.3. The summed E-state index contributed by atoms with van der Waals surface area (Å²) in [6, 6.07) is 0. The van der Waals surface area contributed by atoms with Crippen molar-refractivity contribution in [3.05, 3.63) is 9.98 Å². The summed E-state index contributed by atoms with van der Waals surface area (Å²) in [6.07, 6.45) is 8.32. The Morgan fingerprint density at radius 3 is 2.37 bits per heavy atom. The fourth-order valence-electron chi connectivity index (χ4n) is 4.85. The van der Waals surface area contributed by atoms with E-state index in [1.54, 1.807) is 6.20 Å². The number of hydrogen-bond donors (Lipinski definition) is 1. The van der Waals surface area contributed by atoms with Crippen LogP contribution in [-0.2, 0) is 4.79 Å². The lowest BCUT2D eigenvalue weighted by Gasteiger charge is -2.53. The predicted molar refractivity (Wildman–Crippen MR) is 79.0 cm³/mol. The number of halogens is 1. The molecule has 0 atom stereocenters. The molecule has 0 aliphatic heterocycles. The van der Waals surface area contributed by atoms with Crippen LogP contribution in [-0.4, -0.2) is 10.9 Å². The van der Waals surface area contributed by atoms with E-state index in [4.69, 9.17) is 0 Å². The Morgan fingerprint density at radius 1 is 1.21 bits per heavy atom. The number of amides is 1. The average molecular weight is 341 g/mol. The smallest absolute Gasteiger partial charge is 0.229 e. The van der Waals surface area contributed by atoms with Crippen molar-refractivity contribution >= 4 is 38.3 Å². The van der Waals surface area contributed by atoms with Gasteiger partial charge in [-0.25, -0.2) is 4.98 Å². The molecule has 3 nitrogen and oxygen atoms in total. The number of thiazole rings is 1. The Balaban J connectivity index is 1.51. The van der Waals surface area contributed by atoms with Gasteiger partial charge in [-0.3, -0.25) is 4.79 Å². The lowest BCUT2D eigenvalue weighted by atomic mass is 9.51. The largest absolute Gasteiger partial charge is 0.302 e. The van der Waals surface area contributed by atoms with Gasteiger partial charge in [0.25, 0.3) is 0 Å². The molecule has 0 aromatic carbocycles. The van der Waals surface area contributed by atoms with Gasteiger partial charge in [-0.05, 0) is 71.7 Å². The summed E-state index contributed by atoms with van der Waals surface area (Å²) in [6.45, 7) is 0. The highest BCUT2D eigenvalue weighted by molar-refractivity contribution is 9.11. The number of nitrogens with zero attached hydrogens (tertiary/aromatic N) is 1. The summed E-state index contributed by atoms with van der Waals surface area (Å²) in [5, 5.41) is 3.76. The molecule has 0 saturated heterocycles. The van der Waals surface area contributed by atoms with Gasteiger partial charge >= 0.3 is 0 Å². The van der Waals surface area contributed by atoms with Gasteiger partial charge in [-0.15, -0.1) is 0 Å². The molecule has 5 heteroatoms. The Bertz CT molecular complexity index is 487. The molecule has 4 bridgehead atoms. The molecule has 102 valence electrons. The maximum atomic E-state index is 12.6. The summed E-state index contributed by atoms with van der Waals surface area (Å²) < 4.78 is 0.966. The molecule has 5 rings (SSSR count). The Kier molecular flexibility index (Phi) is 2.95. The second-order valence-corrected chi connectivity index (χ2v) is 8.83. The second-order valence-electron chi connectivity index (χ2n) is 6.42. The van der Waals surface area contributed by atoms with E-state index < -0.39 is 0 Å². The average Bonchev–Trinajstić information content (AvgIpc) is 2.73. The number of nitrogens with one attached hydrogen (secondary N) is 1. The third-order valence-electron chi connectivity index (χ3n) is 5.24. The third-order valence-corrected chi connectivity index (χ3v) is 6.63. The fraction of sp³-hybridized carbons (Fsp3) is 0.714. The zero-order chi connectivity index (χ0) is 13.0.